The molecule has 10 heteroatoms. The number of hydrogen-bond acceptors (Lipinski definition) is 3. The van der Waals surface area contributed by atoms with Crippen molar-refractivity contribution in [3.8, 4) is 0 Å². The molecule has 1 aliphatic rings. The quantitative estimate of drug-likeness (QED) is 0.271. The van der Waals surface area contributed by atoms with Crippen LogP contribution in [0, 0.1) is 5.82 Å². The summed E-state index contributed by atoms with van der Waals surface area (Å²) < 4.78 is 99.2. The van der Waals surface area contributed by atoms with E-state index < -0.39 is 46.4 Å². The van der Waals surface area contributed by atoms with Gasteiger partial charge in [-0.3, -0.25) is 4.90 Å². The summed E-state index contributed by atoms with van der Waals surface area (Å²) in [5.74, 6) is -1.38. The Morgan fingerprint density at radius 3 is 2.03 bits per heavy atom. The van der Waals surface area contributed by atoms with Crippen molar-refractivity contribution in [2.45, 2.75) is 24.4 Å². The van der Waals surface area contributed by atoms with Gasteiger partial charge in [-0.25, -0.2) is 9.18 Å². The molecule has 0 saturated carbocycles. The molecular formula is C27H20F7NO2. The third kappa shape index (κ3) is 5.69. The number of esters is 1. The maximum Gasteiger partial charge on any atom is 0.416 e. The van der Waals surface area contributed by atoms with Gasteiger partial charge in [-0.2, -0.15) is 26.3 Å². The Morgan fingerprint density at radius 1 is 0.865 bits per heavy atom. The number of rotatable bonds is 5. The summed E-state index contributed by atoms with van der Waals surface area (Å²) in [5, 5.41) is 0. The molecule has 3 aromatic carbocycles. The number of halogens is 7. The average Bonchev–Trinajstić information content (AvgIpc) is 2.84. The van der Waals surface area contributed by atoms with Crippen LogP contribution in [0.25, 0.3) is 6.08 Å². The molecule has 0 aliphatic carbocycles. The number of alkyl halides is 6. The lowest BCUT2D eigenvalue weighted by molar-refractivity contribution is -0.166. The van der Waals surface area contributed by atoms with E-state index in [-0.39, 0.29) is 31.3 Å². The Bertz CT molecular complexity index is 1250. The Kier molecular flexibility index (Phi) is 7.14. The predicted octanol–water partition coefficient (Wildman–Crippen LogP) is 6.83. The van der Waals surface area contributed by atoms with Gasteiger partial charge in [0.05, 0.1) is 11.1 Å². The number of benzene rings is 3. The van der Waals surface area contributed by atoms with Crippen LogP contribution < -0.4 is 0 Å². The zero-order valence-corrected chi connectivity index (χ0v) is 19.1. The molecule has 0 radical (unpaired) electrons. The second-order valence-electron chi connectivity index (χ2n) is 8.49. The Balaban J connectivity index is 1.87. The van der Waals surface area contributed by atoms with Gasteiger partial charge in [0.2, 0.25) is 0 Å². The first-order valence-corrected chi connectivity index (χ1v) is 11.1. The number of carbonyl (C=O) groups is 1. The zero-order valence-electron chi connectivity index (χ0n) is 19.1. The SMILES string of the molecule is O=C1OCCN(Cc2ccccc2)C1(C=Cc1cc(C(F)(F)F)cc(C(F)(F)F)c1)c1ccc(F)cc1. The molecule has 0 aromatic heterocycles. The molecule has 37 heavy (non-hydrogen) atoms. The third-order valence-corrected chi connectivity index (χ3v) is 6.03. The summed E-state index contributed by atoms with van der Waals surface area (Å²) >= 11 is 0. The maximum absolute atomic E-state index is 13.7. The minimum Gasteiger partial charge on any atom is -0.462 e. The van der Waals surface area contributed by atoms with E-state index in [0.717, 1.165) is 23.8 Å². The smallest absolute Gasteiger partial charge is 0.416 e. The van der Waals surface area contributed by atoms with Crippen LogP contribution in [-0.2, 0) is 34.0 Å². The van der Waals surface area contributed by atoms with E-state index in [9.17, 15) is 35.5 Å². The normalized spacial score (nSPS) is 19.3. The molecule has 3 nitrogen and oxygen atoms in total. The molecule has 0 bridgehead atoms. The molecule has 4 rings (SSSR count). The van der Waals surface area contributed by atoms with E-state index in [4.69, 9.17) is 4.74 Å². The highest BCUT2D eigenvalue weighted by Crippen LogP contribution is 2.39. The summed E-state index contributed by atoms with van der Waals surface area (Å²) in [5.41, 5.74) is -4.07. The predicted molar refractivity (Wildman–Crippen MR) is 121 cm³/mol. The van der Waals surface area contributed by atoms with Crippen LogP contribution in [0.5, 0.6) is 0 Å². The summed E-state index contributed by atoms with van der Waals surface area (Å²) in [7, 11) is 0. The highest BCUT2D eigenvalue weighted by atomic mass is 19.4. The van der Waals surface area contributed by atoms with Crippen molar-refractivity contribution in [3.05, 3.63) is 113 Å². The molecule has 1 fully saturated rings. The highest BCUT2D eigenvalue weighted by molar-refractivity contribution is 5.87. The second-order valence-corrected chi connectivity index (χ2v) is 8.49. The van der Waals surface area contributed by atoms with Gasteiger partial charge in [0, 0.05) is 13.1 Å². The molecule has 1 aliphatic heterocycles. The van der Waals surface area contributed by atoms with Crippen molar-refractivity contribution in [2.24, 2.45) is 0 Å². The lowest BCUT2D eigenvalue weighted by atomic mass is 9.85. The van der Waals surface area contributed by atoms with Gasteiger partial charge < -0.3 is 4.74 Å². The zero-order chi connectivity index (χ0) is 26.8. The Hall–Kier alpha value is -3.66. The molecule has 0 spiro atoms. The van der Waals surface area contributed by atoms with E-state index in [1.165, 1.54) is 18.2 Å². The molecule has 0 N–H and O–H groups in total. The van der Waals surface area contributed by atoms with E-state index >= 15 is 0 Å². The summed E-state index contributed by atoms with van der Waals surface area (Å²) in [4.78, 5) is 15.0. The second kappa shape index (κ2) is 10.0. The number of ether oxygens (including phenoxy) is 1. The molecule has 1 atom stereocenters. The maximum atomic E-state index is 13.7. The topological polar surface area (TPSA) is 29.5 Å². The van der Waals surface area contributed by atoms with Crippen molar-refractivity contribution in [2.75, 3.05) is 13.2 Å². The van der Waals surface area contributed by atoms with Crippen molar-refractivity contribution >= 4 is 12.0 Å². The van der Waals surface area contributed by atoms with Gasteiger partial charge in [-0.1, -0.05) is 48.5 Å². The van der Waals surface area contributed by atoms with Crippen LogP contribution in [0.15, 0.2) is 78.9 Å². The average molecular weight is 523 g/mol. The van der Waals surface area contributed by atoms with Crippen molar-refractivity contribution in [1.82, 2.24) is 4.90 Å². The summed E-state index contributed by atoms with van der Waals surface area (Å²) in [6.07, 6.45) is -7.82. The number of cyclic esters (lactones) is 1. The molecule has 1 saturated heterocycles. The minimum atomic E-state index is -5.03. The lowest BCUT2D eigenvalue weighted by Crippen LogP contribution is -2.56. The van der Waals surface area contributed by atoms with Crippen molar-refractivity contribution < 1.29 is 40.3 Å². The fourth-order valence-electron chi connectivity index (χ4n) is 4.24. The van der Waals surface area contributed by atoms with Crippen LogP contribution in [-0.4, -0.2) is 24.0 Å². The number of morpholine rings is 1. The first-order chi connectivity index (χ1) is 17.4. The van der Waals surface area contributed by atoms with Crippen molar-refractivity contribution in [1.29, 1.82) is 0 Å². The first kappa shape index (κ1) is 26.4. The number of nitrogens with zero attached hydrogens (tertiary/aromatic N) is 1. The van der Waals surface area contributed by atoms with Crippen LogP contribution in [0.2, 0.25) is 0 Å². The Morgan fingerprint density at radius 2 is 1.46 bits per heavy atom. The third-order valence-electron chi connectivity index (χ3n) is 6.03. The van der Waals surface area contributed by atoms with Gasteiger partial charge >= 0.3 is 18.3 Å². The van der Waals surface area contributed by atoms with Crippen molar-refractivity contribution in [3.63, 3.8) is 0 Å². The fourth-order valence-corrected chi connectivity index (χ4v) is 4.24. The molecule has 1 unspecified atom stereocenters. The van der Waals surface area contributed by atoms with E-state index in [2.05, 4.69) is 0 Å². The standard InChI is InChI=1S/C27H20F7NO2/c28-23-8-6-20(7-9-23)25(24(36)37-13-12-35(25)17-18-4-2-1-3-5-18)11-10-19-14-21(26(29,30)31)16-22(15-19)27(32,33)34/h1-11,14-16H,12-13,17H2. The van der Waals surface area contributed by atoms with Gasteiger partial charge in [0.25, 0.3) is 0 Å². The van der Waals surface area contributed by atoms with Gasteiger partial charge in [-0.15, -0.1) is 0 Å². The summed E-state index contributed by atoms with van der Waals surface area (Å²) in [6, 6.07) is 15.0. The Labute approximate surface area is 207 Å². The number of hydrogen-bond donors (Lipinski definition) is 0. The van der Waals surface area contributed by atoms with Crippen LogP contribution >= 0.6 is 0 Å². The van der Waals surface area contributed by atoms with E-state index in [0.29, 0.717) is 12.1 Å². The van der Waals surface area contributed by atoms with E-state index in [1.807, 2.05) is 12.1 Å². The molecule has 3 aromatic rings. The number of carbonyl (C=O) groups excluding carboxylic acids is 1. The first-order valence-electron chi connectivity index (χ1n) is 11.1. The molecular weight excluding hydrogens is 503 g/mol. The monoisotopic (exact) mass is 523 g/mol. The van der Waals surface area contributed by atoms with Gasteiger partial charge in [0.15, 0.2) is 5.54 Å². The van der Waals surface area contributed by atoms with Gasteiger partial charge in [-0.05, 0) is 53.1 Å². The lowest BCUT2D eigenvalue weighted by Gasteiger charge is -2.43. The van der Waals surface area contributed by atoms with Crippen LogP contribution in [0.4, 0.5) is 30.7 Å². The minimum absolute atomic E-state index is 0.0181. The molecule has 194 valence electrons. The largest absolute Gasteiger partial charge is 0.462 e. The van der Waals surface area contributed by atoms with Crippen LogP contribution in [0.3, 0.4) is 0 Å². The fraction of sp³-hybridized carbons (Fsp3) is 0.222. The molecule has 0 amide bonds. The van der Waals surface area contributed by atoms with E-state index in [1.54, 1.807) is 23.1 Å². The van der Waals surface area contributed by atoms with Gasteiger partial charge in [0.1, 0.15) is 12.4 Å². The highest BCUT2D eigenvalue weighted by Gasteiger charge is 2.48. The van der Waals surface area contributed by atoms with Crippen LogP contribution in [0.1, 0.15) is 27.8 Å². The molecule has 1 heterocycles. The summed E-state index contributed by atoms with van der Waals surface area (Å²) in [6.45, 7) is 0.428.